The fourth-order valence-corrected chi connectivity index (χ4v) is 4.87. The Hall–Kier alpha value is -1.71. The monoisotopic (exact) mass is 370 g/mol. The zero-order valence-electron chi connectivity index (χ0n) is 12.4. The third kappa shape index (κ3) is 4.18. The molecule has 0 aliphatic rings. The lowest BCUT2D eigenvalue weighted by Gasteiger charge is -2.17. The molecule has 0 amide bonds. The Kier molecular flexibility index (Phi) is 5.55. The van der Waals surface area contributed by atoms with E-state index in [-0.39, 0.29) is 20.9 Å². The fraction of sp³-hybridized carbons (Fsp3) is 0.214. The van der Waals surface area contributed by atoms with E-state index in [9.17, 15) is 18.0 Å². The SMILES string of the molecule is CC(=O)SCC(=O)c1ccc(S(=O)(=O)N(C)c2ccncc2)s1. The van der Waals surface area contributed by atoms with Crippen LogP contribution >= 0.6 is 23.1 Å². The number of hydrogen-bond donors (Lipinski definition) is 0. The van der Waals surface area contributed by atoms with Crippen molar-refractivity contribution in [1.82, 2.24) is 4.98 Å². The summed E-state index contributed by atoms with van der Waals surface area (Å²) in [6.45, 7) is 1.38. The molecule has 0 radical (unpaired) electrons. The Morgan fingerprint density at radius 3 is 2.48 bits per heavy atom. The molecular weight excluding hydrogens is 356 g/mol. The van der Waals surface area contributed by atoms with Crippen molar-refractivity contribution < 1.29 is 18.0 Å². The number of carbonyl (C=O) groups excluding carboxylic acids is 2. The van der Waals surface area contributed by atoms with Crippen LogP contribution in [0.25, 0.3) is 0 Å². The molecule has 2 aromatic rings. The first-order valence-corrected chi connectivity index (χ1v) is 9.72. The Morgan fingerprint density at radius 1 is 1.22 bits per heavy atom. The lowest BCUT2D eigenvalue weighted by Crippen LogP contribution is -2.25. The second kappa shape index (κ2) is 7.24. The first kappa shape index (κ1) is 17.6. The van der Waals surface area contributed by atoms with E-state index in [1.165, 1.54) is 38.5 Å². The van der Waals surface area contributed by atoms with Crippen LogP contribution in [-0.4, -0.2) is 37.1 Å². The van der Waals surface area contributed by atoms with Crippen molar-refractivity contribution in [2.24, 2.45) is 0 Å². The minimum atomic E-state index is -3.74. The fourth-order valence-electron chi connectivity index (χ4n) is 1.67. The third-order valence-corrected chi connectivity index (χ3v) is 7.10. The molecule has 2 heterocycles. The number of anilines is 1. The summed E-state index contributed by atoms with van der Waals surface area (Å²) >= 11 is 1.81. The van der Waals surface area contributed by atoms with Crippen molar-refractivity contribution in [2.45, 2.75) is 11.1 Å². The number of hydrogen-bond acceptors (Lipinski definition) is 7. The average molecular weight is 370 g/mol. The second-order valence-corrected chi connectivity index (χ2v) is 8.93. The van der Waals surface area contributed by atoms with Crippen LogP contribution in [0.1, 0.15) is 16.6 Å². The second-order valence-electron chi connectivity index (χ2n) is 4.50. The highest BCUT2D eigenvalue weighted by molar-refractivity contribution is 8.14. The molecule has 23 heavy (non-hydrogen) atoms. The van der Waals surface area contributed by atoms with Crippen LogP contribution in [0.15, 0.2) is 40.9 Å². The summed E-state index contributed by atoms with van der Waals surface area (Å²) in [7, 11) is -2.30. The Morgan fingerprint density at radius 2 is 1.87 bits per heavy atom. The van der Waals surface area contributed by atoms with Crippen LogP contribution in [0, 0.1) is 0 Å². The maximum atomic E-state index is 12.6. The van der Waals surface area contributed by atoms with Crippen molar-refractivity contribution in [3.8, 4) is 0 Å². The molecule has 0 unspecified atom stereocenters. The zero-order valence-corrected chi connectivity index (χ0v) is 14.9. The van der Waals surface area contributed by atoms with Crippen molar-refractivity contribution in [3.05, 3.63) is 41.5 Å². The van der Waals surface area contributed by atoms with Crippen LogP contribution in [0.4, 0.5) is 5.69 Å². The number of carbonyl (C=O) groups is 2. The zero-order chi connectivity index (χ0) is 17.0. The van der Waals surface area contributed by atoms with Crippen LogP contribution in [0.2, 0.25) is 0 Å². The molecule has 122 valence electrons. The molecule has 0 bridgehead atoms. The summed E-state index contributed by atoms with van der Waals surface area (Å²) in [5.41, 5.74) is 0.480. The van der Waals surface area contributed by atoms with Gasteiger partial charge in [0.25, 0.3) is 10.0 Å². The van der Waals surface area contributed by atoms with Crippen LogP contribution in [0.3, 0.4) is 0 Å². The first-order chi connectivity index (χ1) is 10.8. The molecule has 9 heteroatoms. The van der Waals surface area contributed by atoms with E-state index in [1.807, 2.05) is 0 Å². The predicted octanol–water partition coefficient (Wildman–Crippen LogP) is 2.43. The summed E-state index contributed by atoms with van der Waals surface area (Å²) < 4.78 is 26.4. The predicted molar refractivity (Wildman–Crippen MR) is 91.6 cm³/mol. The van der Waals surface area contributed by atoms with E-state index in [4.69, 9.17) is 0 Å². The number of Topliss-reactive ketones (excluding diaryl/α,β-unsaturated/α-hetero) is 1. The van der Waals surface area contributed by atoms with Gasteiger partial charge in [-0.2, -0.15) is 0 Å². The lowest BCUT2D eigenvalue weighted by molar-refractivity contribution is -0.109. The van der Waals surface area contributed by atoms with Crippen molar-refractivity contribution in [2.75, 3.05) is 17.1 Å². The quantitative estimate of drug-likeness (QED) is 0.726. The van der Waals surface area contributed by atoms with Gasteiger partial charge in [-0.15, -0.1) is 11.3 Å². The van der Waals surface area contributed by atoms with Gasteiger partial charge in [-0.25, -0.2) is 8.42 Å². The normalized spacial score (nSPS) is 11.2. The van der Waals surface area contributed by atoms with E-state index < -0.39 is 10.0 Å². The smallest absolute Gasteiger partial charge is 0.273 e. The van der Waals surface area contributed by atoms with Crippen LogP contribution < -0.4 is 4.31 Å². The highest BCUT2D eigenvalue weighted by atomic mass is 32.2. The van der Waals surface area contributed by atoms with E-state index in [0.29, 0.717) is 10.6 Å². The van der Waals surface area contributed by atoms with Gasteiger partial charge in [0.15, 0.2) is 10.9 Å². The number of nitrogens with zero attached hydrogens (tertiary/aromatic N) is 2. The van der Waals surface area contributed by atoms with E-state index >= 15 is 0 Å². The summed E-state index contributed by atoms with van der Waals surface area (Å²) in [5, 5.41) is -0.153. The maximum absolute atomic E-state index is 12.6. The van der Waals surface area contributed by atoms with Gasteiger partial charge in [0.2, 0.25) is 0 Å². The molecule has 0 aliphatic heterocycles. The van der Waals surface area contributed by atoms with Gasteiger partial charge in [-0.3, -0.25) is 18.9 Å². The minimum absolute atomic E-state index is 0.00945. The Labute approximate surface area is 142 Å². The standard InChI is InChI=1S/C14H14N2O4S3/c1-10(17)21-9-12(18)13-3-4-14(22-13)23(19,20)16(2)11-5-7-15-8-6-11/h3-8H,9H2,1-2H3. The molecule has 0 aliphatic carbocycles. The summed E-state index contributed by atoms with van der Waals surface area (Å²) in [6.07, 6.45) is 3.01. The van der Waals surface area contributed by atoms with Crippen LogP contribution in [0.5, 0.6) is 0 Å². The average Bonchev–Trinajstić information content (AvgIpc) is 3.03. The van der Waals surface area contributed by atoms with Crippen LogP contribution in [-0.2, 0) is 14.8 Å². The van der Waals surface area contributed by atoms with Gasteiger partial charge in [-0.1, -0.05) is 11.8 Å². The van der Waals surface area contributed by atoms with Gasteiger partial charge in [0.05, 0.1) is 16.3 Å². The molecule has 0 spiro atoms. The summed E-state index contributed by atoms with van der Waals surface area (Å²) in [6, 6.07) is 6.05. The molecule has 6 nitrogen and oxygen atoms in total. The third-order valence-electron chi connectivity index (χ3n) is 2.90. The van der Waals surface area contributed by atoms with Crippen molar-refractivity contribution >= 4 is 49.7 Å². The number of thiophene rings is 1. The van der Waals surface area contributed by atoms with Gasteiger partial charge in [0.1, 0.15) is 4.21 Å². The maximum Gasteiger partial charge on any atom is 0.273 e. The Bertz CT molecular complexity index is 816. The highest BCUT2D eigenvalue weighted by Gasteiger charge is 2.24. The van der Waals surface area contributed by atoms with Crippen molar-refractivity contribution in [1.29, 1.82) is 0 Å². The first-order valence-electron chi connectivity index (χ1n) is 6.47. The van der Waals surface area contributed by atoms with Gasteiger partial charge in [0, 0.05) is 26.4 Å². The summed E-state index contributed by atoms with van der Waals surface area (Å²) in [4.78, 5) is 27.0. The highest BCUT2D eigenvalue weighted by Crippen LogP contribution is 2.28. The number of rotatable bonds is 6. The molecule has 0 saturated carbocycles. The number of aromatic nitrogens is 1. The molecule has 0 N–H and O–H groups in total. The number of ketones is 1. The molecule has 0 fully saturated rings. The largest absolute Gasteiger partial charge is 0.292 e. The molecule has 0 aromatic carbocycles. The lowest BCUT2D eigenvalue weighted by atomic mass is 10.4. The molecule has 2 rings (SSSR count). The van der Waals surface area contributed by atoms with Gasteiger partial charge < -0.3 is 0 Å². The minimum Gasteiger partial charge on any atom is -0.292 e. The number of pyridine rings is 1. The number of sulfonamides is 1. The Balaban J connectivity index is 2.22. The number of thioether (sulfide) groups is 1. The van der Waals surface area contributed by atoms with E-state index in [0.717, 1.165) is 27.4 Å². The van der Waals surface area contributed by atoms with E-state index in [1.54, 1.807) is 12.1 Å². The van der Waals surface area contributed by atoms with E-state index in [2.05, 4.69) is 4.98 Å². The molecule has 0 saturated heterocycles. The summed E-state index contributed by atoms with van der Waals surface area (Å²) in [5.74, 6) is -0.251. The van der Waals surface area contributed by atoms with Crippen molar-refractivity contribution in [3.63, 3.8) is 0 Å². The van der Waals surface area contributed by atoms with Gasteiger partial charge in [-0.05, 0) is 24.3 Å². The molecular formula is C14H14N2O4S3. The topological polar surface area (TPSA) is 84.4 Å². The molecule has 0 atom stereocenters. The molecule has 2 aromatic heterocycles. The van der Waals surface area contributed by atoms with Gasteiger partial charge >= 0.3 is 0 Å².